The highest BCUT2D eigenvalue weighted by molar-refractivity contribution is 6.10. The van der Waals surface area contributed by atoms with Gasteiger partial charge in [0.1, 0.15) is 28.5 Å². The van der Waals surface area contributed by atoms with E-state index in [4.69, 9.17) is 18.3 Å². The summed E-state index contributed by atoms with van der Waals surface area (Å²) < 4.78 is 65.3. The molecular weight excluding hydrogens is 977 g/mol. The van der Waals surface area contributed by atoms with E-state index in [0.717, 1.165) is 122 Å². The van der Waals surface area contributed by atoms with Crippen LogP contribution in [-0.2, 0) is 10.8 Å². The van der Waals surface area contributed by atoms with Crippen molar-refractivity contribution in [3.63, 3.8) is 0 Å². The number of benzene rings is 10. The summed E-state index contributed by atoms with van der Waals surface area (Å²) in [7, 11) is 0. The molecule has 6 heteroatoms. The zero-order valence-electron chi connectivity index (χ0n) is 50.2. The Morgan fingerprint density at radius 1 is 0.487 bits per heavy atom. The number of aromatic nitrogens is 4. The second kappa shape index (κ2) is 17.9. The summed E-state index contributed by atoms with van der Waals surface area (Å²) in [5.74, 6) is 2.14. The molecule has 80 heavy (non-hydrogen) atoms. The van der Waals surface area contributed by atoms with Gasteiger partial charge in [-0.15, -0.1) is 0 Å². The van der Waals surface area contributed by atoms with Gasteiger partial charge in [-0.2, -0.15) is 0 Å². The summed E-state index contributed by atoms with van der Waals surface area (Å²) in [5, 5.41) is 4.19. The number of nitrogens with zero attached hydrogens (tertiary/aromatic N) is 4. The standard InChI is InChI=1S/C74H56N4O2/c1-73(2,3)48-37-38-75-69(42-48)78-64-31-14-12-25-57(64)58-35-34-52(44-65(58)78)79-51-22-16-21-50(43-51)76-45-77-71-54(47-33-36-68-62(39-47)59-26-13-15-32-67(59)80-68)28-18-30-61(71)70-53(46-19-8-7-9-20-46)27-17-29-60(70)55-23-10-11-24-56(55)63-40-49(74(4,5)6)41-66(76)72(63)77/h7-44H,1-6H3/i7D,8D,9D,19D,20D. The van der Waals surface area contributed by atoms with Gasteiger partial charge in [-0.25, -0.2) is 4.98 Å². The zero-order chi connectivity index (χ0) is 58.4. The largest absolute Gasteiger partial charge is 0.458 e. The Hall–Kier alpha value is -9.78. The number of fused-ring (bicyclic) bond motifs is 13. The van der Waals surface area contributed by atoms with Crippen molar-refractivity contribution in [2.45, 2.75) is 52.4 Å². The van der Waals surface area contributed by atoms with Crippen LogP contribution in [0.2, 0.25) is 0 Å². The van der Waals surface area contributed by atoms with Crippen LogP contribution in [0.5, 0.6) is 11.5 Å². The van der Waals surface area contributed by atoms with Crippen LogP contribution in [0.3, 0.4) is 0 Å². The van der Waals surface area contributed by atoms with E-state index < -0.39 is 18.1 Å². The molecule has 15 rings (SSSR count). The lowest BCUT2D eigenvalue weighted by atomic mass is 9.82. The third-order valence-corrected chi connectivity index (χ3v) is 16.0. The molecule has 0 aliphatic carbocycles. The van der Waals surface area contributed by atoms with Gasteiger partial charge in [0.15, 0.2) is 0 Å². The average molecular weight is 1040 g/mol. The maximum absolute atomic E-state index is 9.45. The van der Waals surface area contributed by atoms with E-state index >= 15 is 0 Å². The highest BCUT2D eigenvalue weighted by atomic mass is 16.5. The summed E-state index contributed by atoms with van der Waals surface area (Å²) in [5.41, 5.74) is 16.6. The topological polar surface area (TPSA) is 49.0 Å². The predicted octanol–water partition coefficient (Wildman–Crippen LogP) is 19.1. The molecule has 0 atom stereocenters. The molecule has 0 spiro atoms. The van der Waals surface area contributed by atoms with Crippen LogP contribution in [0.1, 0.15) is 59.5 Å². The third-order valence-electron chi connectivity index (χ3n) is 16.0. The van der Waals surface area contributed by atoms with Crippen LogP contribution in [-0.4, -0.2) is 14.1 Å². The minimum atomic E-state index is -0.446. The van der Waals surface area contributed by atoms with Crippen LogP contribution in [0.4, 0.5) is 0 Å². The smallest absolute Gasteiger partial charge is 0.269 e. The van der Waals surface area contributed by atoms with E-state index in [0.29, 0.717) is 17.1 Å². The first kappa shape index (κ1) is 42.3. The number of pyridine rings is 1. The third kappa shape index (κ3) is 7.61. The van der Waals surface area contributed by atoms with Gasteiger partial charge < -0.3 is 9.15 Å². The van der Waals surface area contributed by atoms with Gasteiger partial charge in [-0.1, -0.05) is 187 Å². The lowest BCUT2D eigenvalue weighted by Gasteiger charge is -2.22. The van der Waals surface area contributed by atoms with Gasteiger partial charge in [-0.3, -0.25) is 13.7 Å². The second-order valence-electron chi connectivity index (χ2n) is 23.0. The molecule has 0 radical (unpaired) electrons. The first-order chi connectivity index (χ1) is 41.0. The van der Waals surface area contributed by atoms with Crippen molar-refractivity contribution in [2.24, 2.45) is 0 Å². The molecule has 0 N–H and O–H groups in total. The van der Waals surface area contributed by atoms with Crippen molar-refractivity contribution in [1.29, 1.82) is 0 Å². The monoisotopic (exact) mass is 1040 g/mol. The maximum atomic E-state index is 9.45. The summed E-state index contributed by atoms with van der Waals surface area (Å²) in [4.78, 5) is 4.93. The quantitative estimate of drug-likeness (QED) is 0.123. The van der Waals surface area contributed by atoms with Crippen molar-refractivity contribution in [1.82, 2.24) is 14.1 Å². The van der Waals surface area contributed by atoms with Crippen LogP contribution in [0.25, 0.3) is 128 Å². The molecule has 14 aromatic rings. The van der Waals surface area contributed by atoms with Crippen LogP contribution in [0.15, 0.2) is 235 Å². The summed E-state index contributed by atoms with van der Waals surface area (Å²) in [6, 6.07) is 64.9. The Balaban J connectivity index is 0.997. The lowest BCUT2D eigenvalue weighted by molar-refractivity contribution is -0.570. The van der Waals surface area contributed by atoms with Gasteiger partial charge >= 0.3 is 0 Å². The first-order valence-electron chi connectivity index (χ1n) is 29.7. The second-order valence-corrected chi connectivity index (χ2v) is 23.0. The minimum Gasteiger partial charge on any atom is -0.458 e. The van der Waals surface area contributed by atoms with Crippen molar-refractivity contribution in [3.8, 4) is 84.3 Å². The fraction of sp³-hybridized carbons (Fsp3) is 0.108. The van der Waals surface area contributed by atoms with E-state index in [1.165, 1.54) is 5.56 Å². The molecule has 4 aromatic heterocycles. The normalized spacial score (nSPS) is 13.2. The van der Waals surface area contributed by atoms with Crippen LogP contribution >= 0.6 is 0 Å². The Morgan fingerprint density at radius 3 is 1.99 bits per heavy atom. The molecule has 1 aliphatic heterocycles. The van der Waals surface area contributed by atoms with E-state index in [1.54, 1.807) is 0 Å². The fourth-order valence-corrected chi connectivity index (χ4v) is 12.0. The zero-order valence-corrected chi connectivity index (χ0v) is 45.2. The summed E-state index contributed by atoms with van der Waals surface area (Å²) >= 11 is 0. The molecule has 1 aliphatic rings. The molecule has 0 amide bonds. The molecular formula is C74H56N4O2. The highest BCUT2D eigenvalue weighted by Crippen LogP contribution is 2.50. The number of hydrogen-bond acceptors (Lipinski definition) is 3. The first-order valence-corrected chi connectivity index (χ1v) is 27.2. The maximum Gasteiger partial charge on any atom is 0.269 e. The van der Waals surface area contributed by atoms with Gasteiger partial charge in [-0.05, 0) is 150 Å². The number of hydrogen-bond donors (Lipinski definition) is 0. The molecule has 5 heterocycles. The van der Waals surface area contributed by atoms with Gasteiger partial charge in [0.05, 0.1) is 40.3 Å². The van der Waals surface area contributed by atoms with Crippen LogP contribution < -0.4 is 9.30 Å². The fourth-order valence-electron chi connectivity index (χ4n) is 12.0. The van der Waals surface area contributed by atoms with Gasteiger partial charge in [0.25, 0.3) is 6.33 Å². The van der Waals surface area contributed by atoms with E-state index in [1.807, 2.05) is 72.9 Å². The average Bonchev–Trinajstić information content (AvgIpc) is 1.71. The predicted molar refractivity (Wildman–Crippen MR) is 328 cm³/mol. The molecule has 10 aromatic carbocycles. The number of imidazole rings is 1. The van der Waals surface area contributed by atoms with E-state index in [9.17, 15) is 2.74 Å². The molecule has 0 unspecified atom stereocenters. The van der Waals surface area contributed by atoms with Crippen molar-refractivity contribution in [2.75, 3.05) is 0 Å². The number of para-hydroxylation sites is 3. The Bertz CT molecular complexity index is 5120. The van der Waals surface area contributed by atoms with Gasteiger partial charge in [0, 0.05) is 33.8 Å². The SMILES string of the molecule is [2H]c1c([2H])c([2H])c(-c2cccc3c2-c2cccc(-c4ccc5oc6ccccc6c5c4)c2-[n+]2[c-]n(-c4cccc(Oc5ccc6c7ccccc7n(-c7cc(C(C)(C)C)ccn7)c6c5)c4)c4cc(C(C)(C)C)cc(c42)-c2ccccc2-3)c([2H])c1[2H]. The number of ether oxygens (including phenoxy) is 1. The van der Waals surface area contributed by atoms with Gasteiger partial charge in [0.2, 0.25) is 0 Å². The van der Waals surface area contributed by atoms with Crippen molar-refractivity contribution in [3.05, 3.63) is 248 Å². The van der Waals surface area contributed by atoms with E-state index in [2.05, 4.69) is 189 Å². The van der Waals surface area contributed by atoms with Crippen molar-refractivity contribution < 1.29 is 20.6 Å². The van der Waals surface area contributed by atoms with Crippen LogP contribution in [0, 0.1) is 6.33 Å². The molecule has 0 saturated carbocycles. The van der Waals surface area contributed by atoms with Crippen molar-refractivity contribution >= 4 is 54.8 Å². The molecule has 0 bridgehead atoms. The number of rotatable bonds is 6. The van der Waals surface area contributed by atoms with E-state index in [-0.39, 0.29) is 28.5 Å². The summed E-state index contributed by atoms with van der Waals surface area (Å²) in [6.07, 6.45) is 5.88. The molecule has 6 nitrogen and oxygen atoms in total. The summed E-state index contributed by atoms with van der Waals surface area (Å²) in [6.45, 7) is 13.4. The molecule has 0 fully saturated rings. The lowest BCUT2D eigenvalue weighted by Crippen LogP contribution is -2.32. The minimum absolute atomic E-state index is 0.0727. The molecule has 0 saturated heterocycles. The Morgan fingerprint density at radius 2 is 1.16 bits per heavy atom. The Labute approximate surface area is 472 Å². The number of furan rings is 1. The molecule has 384 valence electrons. The highest BCUT2D eigenvalue weighted by Gasteiger charge is 2.30. The Kier molecular flexibility index (Phi) is 9.45.